The van der Waals surface area contributed by atoms with E-state index in [1.165, 1.54) is 6.92 Å². The number of Topliss-reactive ketones (excluding diaryl/α,β-unsaturated/α-hetero) is 1. The van der Waals surface area contributed by atoms with Crippen molar-refractivity contribution in [2.75, 3.05) is 0 Å². The largest absolute Gasteiger partial charge is 0.463 e. The number of rotatable bonds is 14. The molecule has 176 valence electrons. The van der Waals surface area contributed by atoms with Gasteiger partial charge in [0.25, 0.3) is 0 Å². The summed E-state index contributed by atoms with van der Waals surface area (Å²) in [6.45, 7) is 7.17. The van der Waals surface area contributed by atoms with Crippen molar-refractivity contribution < 1.29 is 29.0 Å². The lowest BCUT2D eigenvalue weighted by atomic mass is 9.90. The minimum absolute atomic E-state index is 0.0577. The lowest BCUT2D eigenvalue weighted by Crippen LogP contribution is -2.20. The van der Waals surface area contributed by atoms with Crippen LogP contribution in [-0.4, -0.2) is 41.1 Å². The summed E-state index contributed by atoms with van der Waals surface area (Å²) < 4.78 is 10.5. The van der Waals surface area contributed by atoms with Gasteiger partial charge in [-0.15, -0.1) is 0 Å². The minimum Gasteiger partial charge on any atom is -0.463 e. The highest BCUT2D eigenvalue weighted by Gasteiger charge is 2.39. The van der Waals surface area contributed by atoms with E-state index in [2.05, 4.69) is 6.92 Å². The van der Waals surface area contributed by atoms with Crippen LogP contribution in [0.2, 0.25) is 0 Å². The number of ketones is 1. The lowest BCUT2D eigenvalue weighted by molar-refractivity contribution is -0.147. The average molecular weight is 437 g/mol. The summed E-state index contributed by atoms with van der Waals surface area (Å²) in [5, 5.41) is 10.4. The molecule has 1 fully saturated rings. The van der Waals surface area contributed by atoms with Gasteiger partial charge in [0, 0.05) is 31.6 Å². The zero-order valence-corrected chi connectivity index (χ0v) is 19.5. The summed E-state index contributed by atoms with van der Waals surface area (Å²) in [6, 6.07) is 0. The van der Waals surface area contributed by atoms with Crippen LogP contribution in [0.5, 0.6) is 0 Å². The highest BCUT2D eigenvalue weighted by atomic mass is 16.5. The van der Waals surface area contributed by atoms with E-state index in [0.717, 1.165) is 32.1 Å². The quantitative estimate of drug-likeness (QED) is 0.241. The fourth-order valence-corrected chi connectivity index (χ4v) is 3.83. The van der Waals surface area contributed by atoms with Crippen molar-refractivity contribution in [3.63, 3.8) is 0 Å². The molecule has 0 radical (unpaired) electrons. The molecule has 0 aromatic rings. The third-order valence-corrected chi connectivity index (χ3v) is 5.37. The molecule has 1 unspecified atom stereocenters. The summed E-state index contributed by atoms with van der Waals surface area (Å²) in [7, 11) is 0. The Balaban J connectivity index is 2.58. The van der Waals surface area contributed by atoms with Crippen molar-refractivity contribution >= 4 is 17.7 Å². The molecule has 1 saturated carbocycles. The van der Waals surface area contributed by atoms with Crippen LogP contribution in [0.1, 0.15) is 85.5 Å². The first-order valence-electron chi connectivity index (χ1n) is 11.6. The molecule has 1 aliphatic rings. The van der Waals surface area contributed by atoms with Crippen LogP contribution < -0.4 is 0 Å². The molecule has 0 aliphatic heterocycles. The molecule has 0 bridgehead atoms. The van der Waals surface area contributed by atoms with E-state index in [1.807, 2.05) is 38.2 Å². The average Bonchev–Trinajstić information content (AvgIpc) is 2.94. The maximum Gasteiger partial charge on any atom is 0.306 e. The van der Waals surface area contributed by atoms with Gasteiger partial charge in [-0.05, 0) is 52.0 Å². The molecule has 6 nitrogen and oxygen atoms in total. The zero-order chi connectivity index (χ0) is 23.2. The number of aliphatic hydroxyl groups is 1. The fourth-order valence-electron chi connectivity index (χ4n) is 3.83. The molecule has 1 rings (SSSR count). The molecule has 1 N–H and O–H groups in total. The summed E-state index contributed by atoms with van der Waals surface area (Å²) in [5.41, 5.74) is 0. The van der Waals surface area contributed by atoms with Gasteiger partial charge in [0.1, 0.15) is 11.9 Å². The van der Waals surface area contributed by atoms with Gasteiger partial charge in [-0.1, -0.05) is 38.0 Å². The maximum atomic E-state index is 12.4. The van der Waals surface area contributed by atoms with E-state index in [0.29, 0.717) is 19.3 Å². The first kappa shape index (κ1) is 27.1. The Morgan fingerprint density at radius 1 is 1.16 bits per heavy atom. The molecule has 6 heteroatoms. The lowest BCUT2D eigenvalue weighted by Gasteiger charge is -2.18. The number of hydrogen-bond donors (Lipinski definition) is 1. The van der Waals surface area contributed by atoms with Crippen LogP contribution in [-0.2, 0) is 23.9 Å². The third kappa shape index (κ3) is 11.3. The Hall–Kier alpha value is -1.95. The number of allylic oxidation sites excluding steroid dienone is 2. The Labute approximate surface area is 187 Å². The number of hydrogen-bond acceptors (Lipinski definition) is 6. The van der Waals surface area contributed by atoms with Gasteiger partial charge in [0.15, 0.2) is 0 Å². The first-order chi connectivity index (χ1) is 14.7. The fraction of sp³-hybridized carbons (Fsp3) is 0.720. The van der Waals surface area contributed by atoms with E-state index in [4.69, 9.17) is 9.47 Å². The molecule has 0 amide bonds. The van der Waals surface area contributed by atoms with Crippen LogP contribution in [0.4, 0.5) is 0 Å². The number of carbonyl (C=O) groups excluding carboxylic acids is 3. The molecule has 31 heavy (non-hydrogen) atoms. The molecule has 0 saturated heterocycles. The van der Waals surface area contributed by atoms with Gasteiger partial charge in [0.05, 0.1) is 12.2 Å². The van der Waals surface area contributed by atoms with Crippen LogP contribution >= 0.6 is 0 Å². The van der Waals surface area contributed by atoms with Crippen LogP contribution in [0.15, 0.2) is 24.3 Å². The van der Waals surface area contributed by atoms with Crippen molar-refractivity contribution in [3.05, 3.63) is 24.3 Å². The van der Waals surface area contributed by atoms with Crippen molar-refractivity contribution in [1.82, 2.24) is 0 Å². The van der Waals surface area contributed by atoms with Gasteiger partial charge < -0.3 is 14.6 Å². The monoisotopic (exact) mass is 436 g/mol. The van der Waals surface area contributed by atoms with Gasteiger partial charge in [-0.3, -0.25) is 14.4 Å². The molecular formula is C25H40O6. The molecule has 1 aliphatic carbocycles. The van der Waals surface area contributed by atoms with Gasteiger partial charge in [-0.25, -0.2) is 0 Å². The van der Waals surface area contributed by atoms with Gasteiger partial charge in [-0.2, -0.15) is 0 Å². The Morgan fingerprint density at radius 2 is 1.90 bits per heavy atom. The Bertz CT molecular complexity index is 622. The predicted molar refractivity (Wildman–Crippen MR) is 120 cm³/mol. The van der Waals surface area contributed by atoms with E-state index >= 15 is 0 Å². The highest BCUT2D eigenvalue weighted by Crippen LogP contribution is 2.33. The normalized spacial score (nSPS) is 22.5. The highest BCUT2D eigenvalue weighted by molar-refractivity contribution is 5.84. The van der Waals surface area contributed by atoms with Crippen LogP contribution in [0.3, 0.4) is 0 Å². The summed E-state index contributed by atoms with van der Waals surface area (Å²) in [4.78, 5) is 35.3. The predicted octanol–water partition coefficient (Wildman–Crippen LogP) is 4.69. The molecule has 0 aromatic carbocycles. The zero-order valence-electron chi connectivity index (χ0n) is 19.5. The van der Waals surface area contributed by atoms with Gasteiger partial charge >= 0.3 is 11.9 Å². The molecule has 0 spiro atoms. The summed E-state index contributed by atoms with van der Waals surface area (Å²) >= 11 is 0. The Kier molecular flexibility index (Phi) is 13.1. The van der Waals surface area contributed by atoms with Crippen LogP contribution in [0, 0.1) is 11.8 Å². The second-order valence-corrected chi connectivity index (χ2v) is 8.59. The molecular weight excluding hydrogens is 396 g/mol. The van der Waals surface area contributed by atoms with Crippen molar-refractivity contribution in [3.8, 4) is 0 Å². The number of aliphatic hydroxyl groups excluding tert-OH is 1. The number of unbranched alkanes of at least 4 members (excludes halogenated alkanes) is 3. The Morgan fingerprint density at radius 3 is 2.55 bits per heavy atom. The van der Waals surface area contributed by atoms with E-state index in [1.54, 1.807) is 0 Å². The first-order valence-corrected chi connectivity index (χ1v) is 11.6. The molecule has 4 atom stereocenters. The van der Waals surface area contributed by atoms with Gasteiger partial charge in [0.2, 0.25) is 0 Å². The van der Waals surface area contributed by atoms with E-state index in [9.17, 15) is 19.5 Å². The number of ether oxygens (including phenoxy) is 2. The van der Waals surface area contributed by atoms with E-state index in [-0.39, 0.29) is 48.2 Å². The number of esters is 2. The smallest absolute Gasteiger partial charge is 0.306 e. The number of carbonyl (C=O) groups is 3. The van der Waals surface area contributed by atoms with E-state index < -0.39 is 6.10 Å². The second kappa shape index (κ2) is 15.0. The topological polar surface area (TPSA) is 89.9 Å². The SMILES string of the molecule is CCCCCC(/C=C/[C@H]1[C@H](O)CC(=O)[C@@H]1C/C=C\CCCC(=O)OC(C)C)OC(C)=O. The molecule has 0 heterocycles. The molecule has 0 aromatic heterocycles. The van der Waals surface area contributed by atoms with Crippen molar-refractivity contribution in [2.45, 2.75) is 104 Å². The van der Waals surface area contributed by atoms with Crippen molar-refractivity contribution in [2.24, 2.45) is 11.8 Å². The second-order valence-electron chi connectivity index (χ2n) is 8.59. The van der Waals surface area contributed by atoms with Crippen molar-refractivity contribution in [1.29, 1.82) is 0 Å². The summed E-state index contributed by atoms with van der Waals surface area (Å²) in [5.74, 6) is -1.01. The summed E-state index contributed by atoms with van der Waals surface area (Å²) in [6.07, 6.45) is 12.9. The third-order valence-electron chi connectivity index (χ3n) is 5.37. The maximum absolute atomic E-state index is 12.4. The standard InChI is InChI=1S/C25H40O6/c1-5-6-9-12-20(31-19(4)26)15-16-22-21(23(27)17-24(22)28)13-10-7-8-11-14-25(29)30-18(2)3/h7,10,15-16,18,20-22,24,28H,5-6,8-9,11-14,17H2,1-4H3/b10-7-,16-15+/t20?,21-,22-,24-/m1/s1. The minimum atomic E-state index is -0.707. The van der Waals surface area contributed by atoms with Crippen LogP contribution in [0.25, 0.3) is 0 Å².